The van der Waals surface area contributed by atoms with E-state index in [4.69, 9.17) is 10.1 Å². The van der Waals surface area contributed by atoms with E-state index in [1.807, 2.05) is 0 Å². The molecular weight excluding hydrogens is 302 g/mol. The Morgan fingerprint density at radius 3 is 2.50 bits per heavy atom. The van der Waals surface area contributed by atoms with E-state index < -0.39 is 5.97 Å². The minimum absolute atomic E-state index is 0.564. The normalized spacial score (nSPS) is 16.0. The Morgan fingerprint density at radius 1 is 1.17 bits per heavy atom. The number of rotatable bonds is 6. The maximum absolute atomic E-state index is 10.6. The minimum Gasteiger partial charge on any atom is -0.478 e. The second-order valence-electron chi connectivity index (χ2n) is 5.71. The summed E-state index contributed by atoms with van der Waals surface area (Å²) in [5.74, 6) is -0.138. The average molecular weight is 325 g/mol. The molecule has 2 rings (SSSR count). The van der Waals surface area contributed by atoms with E-state index in [-0.39, 0.29) is 0 Å². The lowest BCUT2D eigenvalue weighted by molar-refractivity contribution is -0.131. The van der Waals surface area contributed by atoms with E-state index in [2.05, 4.69) is 23.0 Å². The van der Waals surface area contributed by atoms with E-state index in [0.717, 1.165) is 30.6 Å². The molecule has 0 amide bonds. The molecule has 0 radical (unpaired) electrons. The fourth-order valence-electron chi connectivity index (χ4n) is 2.61. The van der Waals surface area contributed by atoms with Crippen molar-refractivity contribution < 1.29 is 9.90 Å². The molecule has 0 aliphatic carbocycles. The molecule has 1 aromatic heterocycles. The molecule has 1 saturated heterocycles. The zero-order valence-electron chi connectivity index (χ0n) is 13.8. The minimum atomic E-state index is -1.01. The van der Waals surface area contributed by atoms with E-state index in [0.29, 0.717) is 11.3 Å². The Labute approximate surface area is 142 Å². The van der Waals surface area contributed by atoms with Gasteiger partial charge in [0.1, 0.15) is 5.82 Å². The van der Waals surface area contributed by atoms with Crippen molar-refractivity contribution in [3.05, 3.63) is 61.1 Å². The van der Waals surface area contributed by atoms with Gasteiger partial charge in [-0.2, -0.15) is 0 Å². The number of carboxylic acid groups (broad SMARTS) is 1. The number of anilines is 1. The number of carbonyl (C=O) groups is 1. The highest BCUT2D eigenvalue weighted by atomic mass is 16.4. The topological polar surface area (TPSA) is 66.3 Å². The average Bonchev–Trinajstić information content (AvgIpc) is 2.87. The van der Waals surface area contributed by atoms with Crippen LogP contribution in [0.1, 0.15) is 31.4 Å². The summed E-state index contributed by atoms with van der Waals surface area (Å²) in [4.78, 5) is 21.9. The fourth-order valence-corrected chi connectivity index (χ4v) is 2.61. The first-order valence-corrected chi connectivity index (χ1v) is 8.11. The summed E-state index contributed by atoms with van der Waals surface area (Å²) >= 11 is 0. The van der Waals surface area contributed by atoms with Crippen molar-refractivity contribution in [2.24, 2.45) is 0 Å². The van der Waals surface area contributed by atoms with Gasteiger partial charge in [-0.3, -0.25) is 4.98 Å². The highest BCUT2D eigenvalue weighted by Crippen LogP contribution is 2.20. The molecule has 2 heterocycles. The Kier molecular flexibility index (Phi) is 6.49. The lowest BCUT2D eigenvalue weighted by Gasteiger charge is -2.21. The van der Waals surface area contributed by atoms with Crippen LogP contribution in [-0.2, 0) is 4.79 Å². The van der Waals surface area contributed by atoms with Crippen LogP contribution >= 0.6 is 0 Å². The Morgan fingerprint density at radius 2 is 1.88 bits per heavy atom. The maximum atomic E-state index is 10.6. The van der Waals surface area contributed by atoms with Gasteiger partial charge in [0.15, 0.2) is 0 Å². The molecule has 24 heavy (non-hydrogen) atoms. The molecular formula is C19H23N3O2. The van der Waals surface area contributed by atoms with Crippen molar-refractivity contribution in [2.45, 2.75) is 25.7 Å². The first-order chi connectivity index (χ1) is 11.6. The van der Waals surface area contributed by atoms with Crippen LogP contribution in [0.5, 0.6) is 0 Å². The number of carboxylic acids is 1. The SMILES string of the molecule is C=C/C(=C\C(=C)/C=C/C(=O)O)c1cncc(N2CCCCCC2)n1. The Balaban J connectivity index is 2.22. The molecule has 0 bridgehead atoms. The molecule has 1 aliphatic rings. The zero-order valence-corrected chi connectivity index (χ0v) is 13.8. The van der Waals surface area contributed by atoms with Gasteiger partial charge in [0, 0.05) is 24.7 Å². The number of nitrogens with zero attached hydrogens (tertiary/aromatic N) is 3. The molecule has 0 spiro atoms. The Hall–Kier alpha value is -2.69. The first kappa shape index (κ1) is 17.7. The van der Waals surface area contributed by atoms with Gasteiger partial charge in [-0.15, -0.1) is 0 Å². The third-order valence-corrected chi connectivity index (χ3v) is 3.85. The largest absolute Gasteiger partial charge is 0.478 e. The number of aliphatic carboxylic acids is 1. The molecule has 0 unspecified atom stereocenters. The number of allylic oxidation sites excluding steroid dienone is 5. The van der Waals surface area contributed by atoms with Crippen LogP contribution in [0.2, 0.25) is 0 Å². The fraction of sp³-hybridized carbons (Fsp3) is 0.316. The van der Waals surface area contributed by atoms with Gasteiger partial charge in [0.25, 0.3) is 0 Å². The summed E-state index contributed by atoms with van der Waals surface area (Å²) < 4.78 is 0. The van der Waals surface area contributed by atoms with Crippen LogP contribution in [0.3, 0.4) is 0 Å². The van der Waals surface area contributed by atoms with Crippen LogP contribution in [0.4, 0.5) is 5.82 Å². The molecule has 5 nitrogen and oxygen atoms in total. The highest BCUT2D eigenvalue weighted by Gasteiger charge is 2.12. The monoisotopic (exact) mass is 325 g/mol. The lowest BCUT2D eigenvalue weighted by Crippen LogP contribution is -2.25. The van der Waals surface area contributed by atoms with Crippen molar-refractivity contribution in [1.82, 2.24) is 9.97 Å². The smallest absolute Gasteiger partial charge is 0.328 e. The van der Waals surface area contributed by atoms with Gasteiger partial charge in [-0.25, -0.2) is 9.78 Å². The highest BCUT2D eigenvalue weighted by molar-refractivity contribution is 5.81. The molecule has 5 heteroatoms. The van der Waals surface area contributed by atoms with Gasteiger partial charge < -0.3 is 10.0 Å². The van der Waals surface area contributed by atoms with Gasteiger partial charge in [0.2, 0.25) is 0 Å². The summed E-state index contributed by atoms with van der Waals surface area (Å²) in [5, 5.41) is 8.68. The van der Waals surface area contributed by atoms with E-state index in [1.165, 1.54) is 31.8 Å². The molecule has 126 valence electrons. The van der Waals surface area contributed by atoms with Crippen LogP contribution in [0.25, 0.3) is 5.57 Å². The number of hydrogen-bond acceptors (Lipinski definition) is 4. The summed E-state index contributed by atoms with van der Waals surface area (Å²) in [6, 6.07) is 0. The summed E-state index contributed by atoms with van der Waals surface area (Å²) in [7, 11) is 0. The molecule has 0 atom stereocenters. The van der Waals surface area contributed by atoms with Crippen LogP contribution in [0.15, 0.2) is 55.4 Å². The maximum Gasteiger partial charge on any atom is 0.328 e. The van der Waals surface area contributed by atoms with E-state index >= 15 is 0 Å². The molecule has 0 aromatic carbocycles. The molecule has 1 aromatic rings. The van der Waals surface area contributed by atoms with Crippen LogP contribution in [0, 0.1) is 0 Å². The van der Waals surface area contributed by atoms with Gasteiger partial charge >= 0.3 is 5.97 Å². The molecule has 1 aliphatic heterocycles. The van der Waals surface area contributed by atoms with Gasteiger partial charge in [-0.05, 0) is 30.6 Å². The lowest BCUT2D eigenvalue weighted by atomic mass is 10.1. The van der Waals surface area contributed by atoms with Crippen LogP contribution in [-0.4, -0.2) is 34.1 Å². The Bertz CT molecular complexity index is 669. The number of aromatic nitrogens is 2. The van der Waals surface area contributed by atoms with E-state index in [9.17, 15) is 4.79 Å². The van der Waals surface area contributed by atoms with Crippen molar-refractivity contribution in [1.29, 1.82) is 0 Å². The van der Waals surface area contributed by atoms with Crippen molar-refractivity contribution >= 4 is 17.4 Å². The zero-order chi connectivity index (χ0) is 17.4. The third-order valence-electron chi connectivity index (χ3n) is 3.85. The van der Waals surface area contributed by atoms with Crippen molar-refractivity contribution in [3.8, 4) is 0 Å². The quantitative estimate of drug-likeness (QED) is 0.639. The van der Waals surface area contributed by atoms with Crippen LogP contribution < -0.4 is 4.90 Å². The molecule has 0 saturated carbocycles. The van der Waals surface area contributed by atoms with Gasteiger partial charge in [0.05, 0.1) is 18.1 Å². The predicted octanol–water partition coefficient (Wildman–Crippen LogP) is 3.62. The third kappa shape index (κ3) is 5.19. The number of hydrogen-bond donors (Lipinski definition) is 1. The second-order valence-corrected chi connectivity index (χ2v) is 5.71. The standard InChI is InChI=1S/C19H23N3O2/c1-3-16(12-15(2)8-9-19(23)24)17-13-20-14-18(21-17)22-10-6-4-5-7-11-22/h3,8-9,12-14H,1-2,4-7,10-11H2,(H,23,24)/b9-8+,16-12+. The summed E-state index contributed by atoms with van der Waals surface area (Å²) in [6.45, 7) is 9.64. The predicted molar refractivity (Wildman–Crippen MR) is 96.8 cm³/mol. The van der Waals surface area contributed by atoms with Crippen molar-refractivity contribution in [2.75, 3.05) is 18.0 Å². The second kappa shape index (κ2) is 8.82. The van der Waals surface area contributed by atoms with Crippen molar-refractivity contribution in [3.63, 3.8) is 0 Å². The van der Waals surface area contributed by atoms with Gasteiger partial charge in [-0.1, -0.05) is 32.1 Å². The van der Waals surface area contributed by atoms with E-state index in [1.54, 1.807) is 24.5 Å². The summed E-state index contributed by atoms with van der Waals surface area (Å²) in [5.41, 5.74) is 2.03. The summed E-state index contributed by atoms with van der Waals surface area (Å²) in [6.07, 6.45) is 14.3. The molecule has 1 fully saturated rings. The first-order valence-electron chi connectivity index (χ1n) is 8.11. The molecule has 1 N–H and O–H groups in total.